The lowest BCUT2D eigenvalue weighted by atomic mass is 9.64. The van der Waals surface area contributed by atoms with Crippen LogP contribution in [0.2, 0.25) is 0 Å². The average Bonchev–Trinajstić information content (AvgIpc) is 2.74. The second-order valence-corrected chi connectivity index (χ2v) is 8.39. The Morgan fingerprint density at radius 3 is 2.31 bits per heavy atom. The summed E-state index contributed by atoms with van der Waals surface area (Å²) in [5.41, 5.74) is 1.38. The number of nitrogens with zero attached hydrogens (tertiary/aromatic N) is 2. The van der Waals surface area contributed by atoms with Crippen LogP contribution in [0, 0.1) is 0 Å². The van der Waals surface area contributed by atoms with E-state index >= 15 is 0 Å². The molecule has 1 saturated carbocycles. The highest BCUT2D eigenvalue weighted by atomic mass is 19.4. The molecule has 8 heteroatoms. The van der Waals surface area contributed by atoms with Gasteiger partial charge < -0.3 is 15.5 Å². The predicted octanol–water partition coefficient (Wildman–Crippen LogP) is 4.19. The quantitative estimate of drug-likeness (QED) is 0.517. The minimum absolute atomic E-state index is 0.0534. The van der Waals surface area contributed by atoms with Gasteiger partial charge in [0.1, 0.15) is 0 Å². The van der Waals surface area contributed by atoms with E-state index in [4.69, 9.17) is 0 Å². The van der Waals surface area contributed by atoms with E-state index in [1.165, 1.54) is 17.0 Å². The van der Waals surface area contributed by atoms with Crippen molar-refractivity contribution in [1.82, 2.24) is 15.5 Å². The lowest BCUT2D eigenvalue weighted by Gasteiger charge is -2.43. The normalized spacial score (nSPS) is 15.6. The van der Waals surface area contributed by atoms with Crippen molar-refractivity contribution < 1.29 is 18.0 Å². The number of nitrogens with one attached hydrogen (secondary N) is 2. The van der Waals surface area contributed by atoms with E-state index in [0.29, 0.717) is 30.2 Å². The highest BCUT2D eigenvalue weighted by molar-refractivity contribution is 5.93. The van der Waals surface area contributed by atoms with Crippen LogP contribution in [-0.2, 0) is 18.1 Å². The molecule has 0 saturated heterocycles. The Labute approximate surface area is 186 Å². The van der Waals surface area contributed by atoms with Crippen LogP contribution in [-0.4, -0.2) is 44.5 Å². The van der Waals surface area contributed by atoms with Crippen molar-refractivity contribution in [2.45, 2.75) is 37.4 Å². The van der Waals surface area contributed by atoms with E-state index in [9.17, 15) is 18.0 Å². The maximum Gasteiger partial charge on any atom is 0.416 e. The van der Waals surface area contributed by atoms with Crippen molar-refractivity contribution >= 4 is 11.9 Å². The minimum atomic E-state index is -4.35. The molecule has 32 heavy (non-hydrogen) atoms. The number of amides is 1. The van der Waals surface area contributed by atoms with Crippen molar-refractivity contribution in [3.05, 3.63) is 70.8 Å². The molecule has 0 atom stereocenters. The van der Waals surface area contributed by atoms with Crippen molar-refractivity contribution in [3.8, 4) is 0 Å². The first kappa shape index (κ1) is 23.6. The molecule has 0 aromatic heterocycles. The molecule has 0 spiro atoms. The molecule has 1 aliphatic carbocycles. The van der Waals surface area contributed by atoms with Gasteiger partial charge in [0.15, 0.2) is 5.96 Å². The van der Waals surface area contributed by atoms with Crippen LogP contribution in [0.3, 0.4) is 0 Å². The van der Waals surface area contributed by atoms with Crippen LogP contribution in [0.15, 0.2) is 53.5 Å². The number of carbonyl (C=O) groups is 1. The molecule has 0 unspecified atom stereocenters. The summed E-state index contributed by atoms with van der Waals surface area (Å²) in [6.07, 6.45) is -1.69. The molecule has 0 heterocycles. The molecule has 1 aliphatic rings. The standard InChI is InChI=1S/C24H29F3N4O/c1-28-22(29-15-17-8-10-18(11-9-17)21(32)31(2)3)30-16-23(12-5-13-23)19-6-4-7-20(14-19)24(25,26)27/h4,6-11,14H,5,12-13,15-16H2,1-3H3,(H2,28,29,30). The zero-order valence-electron chi connectivity index (χ0n) is 18.6. The molecule has 0 bridgehead atoms. The largest absolute Gasteiger partial charge is 0.416 e. The van der Waals surface area contributed by atoms with Gasteiger partial charge in [0.25, 0.3) is 5.91 Å². The van der Waals surface area contributed by atoms with Crippen molar-refractivity contribution in [2.75, 3.05) is 27.7 Å². The summed E-state index contributed by atoms with van der Waals surface area (Å²) in [4.78, 5) is 17.8. The number of rotatable bonds is 6. The second-order valence-electron chi connectivity index (χ2n) is 8.39. The Bertz CT molecular complexity index is 964. The Kier molecular flexibility index (Phi) is 7.11. The third-order valence-corrected chi connectivity index (χ3v) is 6.00. The van der Waals surface area contributed by atoms with Crippen LogP contribution in [0.25, 0.3) is 0 Å². The van der Waals surface area contributed by atoms with Gasteiger partial charge in [0, 0.05) is 45.2 Å². The number of alkyl halides is 3. The van der Waals surface area contributed by atoms with Crippen LogP contribution in [0.4, 0.5) is 13.2 Å². The smallest absolute Gasteiger partial charge is 0.356 e. The van der Waals surface area contributed by atoms with Gasteiger partial charge in [-0.25, -0.2) is 0 Å². The van der Waals surface area contributed by atoms with Gasteiger partial charge in [-0.3, -0.25) is 9.79 Å². The number of halogens is 3. The summed E-state index contributed by atoms with van der Waals surface area (Å²) in [5, 5.41) is 6.51. The van der Waals surface area contributed by atoms with E-state index in [0.717, 1.165) is 30.9 Å². The maximum atomic E-state index is 13.2. The fourth-order valence-corrected chi connectivity index (χ4v) is 3.88. The fourth-order valence-electron chi connectivity index (χ4n) is 3.88. The van der Waals surface area contributed by atoms with E-state index in [-0.39, 0.29) is 11.3 Å². The summed E-state index contributed by atoms with van der Waals surface area (Å²) < 4.78 is 39.5. The predicted molar refractivity (Wildman–Crippen MR) is 120 cm³/mol. The Hall–Kier alpha value is -3.03. The van der Waals surface area contributed by atoms with E-state index in [2.05, 4.69) is 15.6 Å². The van der Waals surface area contributed by atoms with Gasteiger partial charge in [-0.2, -0.15) is 13.2 Å². The first-order chi connectivity index (χ1) is 15.1. The summed E-state index contributed by atoms with van der Waals surface area (Å²) >= 11 is 0. The van der Waals surface area contributed by atoms with E-state index in [1.54, 1.807) is 39.3 Å². The molecule has 5 nitrogen and oxygen atoms in total. The molecule has 0 radical (unpaired) electrons. The number of hydrogen-bond donors (Lipinski definition) is 2. The molecule has 2 N–H and O–H groups in total. The summed E-state index contributed by atoms with van der Waals surface area (Å²) in [7, 11) is 5.08. The Morgan fingerprint density at radius 2 is 1.78 bits per heavy atom. The molecule has 2 aromatic rings. The zero-order valence-corrected chi connectivity index (χ0v) is 18.6. The third-order valence-electron chi connectivity index (χ3n) is 6.00. The number of hydrogen-bond acceptors (Lipinski definition) is 2. The van der Waals surface area contributed by atoms with Gasteiger partial charge in [-0.1, -0.05) is 36.8 Å². The molecule has 1 fully saturated rings. The highest BCUT2D eigenvalue weighted by Crippen LogP contribution is 2.44. The van der Waals surface area contributed by atoms with E-state index < -0.39 is 11.7 Å². The number of carbonyl (C=O) groups excluding carboxylic acids is 1. The van der Waals surface area contributed by atoms with Crippen LogP contribution in [0.1, 0.15) is 46.3 Å². The van der Waals surface area contributed by atoms with Crippen LogP contribution < -0.4 is 10.6 Å². The maximum absolute atomic E-state index is 13.2. The minimum Gasteiger partial charge on any atom is -0.356 e. The SMILES string of the molecule is CN=C(NCc1ccc(C(=O)N(C)C)cc1)NCC1(c2cccc(C(F)(F)F)c2)CCC1. The molecular formula is C24H29F3N4O. The molecular weight excluding hydrogens is 417 g/mol. The van der Waals surface area contributed by atoms with Gasteiger partial charge in [-0.05, 0) is 42.2 Å². The summed E-state index contributed by atoms with van der Waals surface area (Å²) in [6.45, 7) is 1.01. The molecule has 3 rings (SSSR count). The average molecular weight is 447 g/mol. The lowest BCUT2D eigenvalue weighted by molar-refractivity contribution is -0.137. The first-order valence-corrected chi connectivity index (χ1v) is 10.6. The van der Waals surface area contributed by atoms with Crippen molar-refractivity contribution in [3.63, 3.8) is 0 Å². The number of guanidine groups is 1. The Balaban J connectivity index is 1.61. The molecule has 172 valence electrons. The third kappa shape index (κ3) is 5.41. The Morgan fingerprint density at radius 1 is 1.09 bits per heavy atom. The van der Waals surface area contributed by atoms with Crippen LogP contribution in [0.5, 0.6) is 0 Å². The monoisotopic (exact) mass is 446 g/mol. The second kappa shape index (κ2) is 9.63. The van der Waals surface area contributed by atoms with Crippen molar-refractivity contribution in [2.24, 2.45) is 4.99 Å². The van der Waals surface area contributed by atoms with Gasteiger partial charge >= 0.3 is 6.18 Å². The van der Waals surface area contributed by atoms with Gasteiger partial charge in [0.2, 0.25) is 0 Å². The molecule has 0 aliphatic heterocycles. The molecule has 1 amide bonds. The zero-order chi connectivity index (χ0) is 23.4. The lowest BCUT2D eigenvalue weighted by Crippen LogP contribution is -2.48. The van der Waals surface area contributed by atoms with Gasteiger partial charge in [0.05, 0.1) is 5.56 Å². The van der Waals surface area contributed by atoms with Crippen molar-refractivity contribution in [1.29, 1.82) is 0 Å². The highest BCUT2D eigenvalue weighted by Gasteiger charge is 2.40. The first-order valence-electron chi connectivity index (χ1n) is 10.6. The van der Waals surface area contributed by atoms with Crippen LogP contribution >= 0.6 is 0 Å². The molecule has 2 aromatic carbocycles. The fraction of sp³-hybridized carbons (Fsp3) is 0.417. The summed E-state index contributed by atoms with van der Waals surface area (Å²) in [6, 6.07) is 13.0. The number of benzene rings is 2. The van der Waals surface area contributed by atoms with Gasteiger partial charge in [-0.15, -0.1) is 0 Å². The number of aliphatic imine (C=N–C) groups is 1. The topological polar surface area (TPSA) is 56.7 Å². The van der Waals surface area contributed by atoms with E-state index in [1.807, 2.05) is 12.1 Å². The summed E-state index contributed by atoms with van der Waals surface area (Å²) in [5.74, 6) is 0.527.